The third kappa shape index (κ3) is 5.13. The first-order chi connectivity index (χ1) is 10.3. The van der Waals surface area contributed by atoms with E-state index < -0.39 is 26.2 Å². The van der Waals surface area contributed by atoms with Crippen molar-refractivity contribution in [2.45, 2.75) is 49.0 Å². The van der Waals surface area contributed by atoms with Gasteiger partial charge in [-0.05, 0) is 18.9 Å². The molecular weight excluding hydrogens is 342 g/mol. The van der Waals surface area contributed by atoms with E-state index in [4.69, 9.17) is 5.73 Å². The van der Waals surface area contributed by atoms with Gasteiger partial charge in [0.05, 0.1) is 4.92 Å². The number of rotatable bonds is 5. The Labute approximate surface area is 142 Å². The van der Waals surface area contributed by atoms with Crippen LogP contribution in [0.4, 0.5) is 5.69 Å². The van der Waals surface area contributed by atoms with Gasteiger partial charge in [-0.3, -0.25) is 10.1 Å². The van der Waals surface area contributed by atoms with Gasteiger partial charge in [-0.2, -0.15) is 0 Å². The van der Waals surface area contributed by atoms with Crippen molar-refractivity contribution in [1.82, 2.24) is 4.72 Å². The fourth-order valence-electron chi connectivity index (χ4n) is 2.76. The van der Waals surface area contributed by atoms with Gasteiger partial charge in [-0.25, -0.2) is 13.1 Å². The van der Waals surface area contributed by atoms with Gasteiger partial charge >= 0.3 is 0 Å². The maximum atomic E-state index is 12.4. The topological polar surface area (TPSA) is 115 Å². The summed E-state index contributed by atoms with van der Waals surface area (Å²) in [6, 6.07) is 5.31. The summed E-state index contributed by atoms with van der Waals surface area (Å²) < 4.78 is 27.2. The van der Waals surface area contributed by atoms with Crippen LogP contribution < -0.4 is 10.5 Å². The Kier molecular flexibility index (Phi) is 6.94. The fourth-order valence-corrected chi connectivity index (χ4v) is 4.07. The average Bonchev–Trinajstić information content (AvgIpc) is 2.71. The summed E-state index contributed by atoms with van der Waals surface area (Å²) in [4.78, 5) is 9.95. The maximum Gasteiger partial charge on any atom is 0.289 e. The van der Waals surface area contributed by atoms with Gasteiger partial charge in [0, 0.05) is 18.2 Å². The quantitative estimate of drug-likeness (QED) is 0.473. The molecule has 23 heavy (non-hydrogen) atoms. The number of hydrogen-bond acceptors (Lipinski definition) is 5. The highest BCUT2D eigenvalue weighted by Crippen LogP contribution is 2.26. The number of benzene rings is 1. The normalized spacial score (nSPS) is 17.8. The molecule has 0 saturated heterocycles. The molecule has 0 heterocycles. The van der Waals surface area contributed by atoms with Gasteiger partial charge in [0.2, 0.25) is 10.0 Å². The molecule has 1 fully saturated rings. The van der Waals surface area contributed by atoms with Gasteiger partial charge in [0.25, 0.3) is 5.69 Å². The summed E-state index contributed by atoms with van der Waals surface area (Å²) in [6.07, 6.45) is 5.68. The number of nitro groups is 1. The summed E-state index contributed by atoms with van der Waals surface area (Å²) in [7, 11) is -3.96. The van der Waals surface area contributed by atoms with Crippen molar-refractivity contribution in [1.29, 1.82) is 0 Å². The molecule has 0 amide bonds. The van der Waals surface area contributed by atoms with Crippen molar-refractivity contribution in [2.75, 3.05) is 6.54 Å². The molecule has 0 aliphatic heterocycles. The second-order valence-electron chi connectivity index (χ2n) is 5.83. The minimum absolute atomic E-state index is 0. The van der Waals surface area contributed by atoms with E-state index in [1.54, 1.807) is 0 Å². The summed E-state index contributed by atoms with van der Waals surface area (Å²) in [5.74, 6) is 0. The molecule has 0 unspecified atom stereocenters. The van der Waals surface area contributed by atoms with Gasteiger partial charge in [0.15, 0.2) is 4.90 Å². The van der Waals surface area contributed by atoms with Crippen molar-refractivity contribution < 1.29 is 13.3 Å². The summed E-state index contributed by atoms with van der Waals surface area (Å²) in [6.45, 7) is 0.0986. The van der Waals surface area contributed by atoms with Crippen LogP contribution in [0.3, 0.4) is 0 Å². The molecule has 0 radical (unpaired) electrons. The Morgan fingerprint density at radius 3 is 2.30 bits per heavy atom. The second-order valence-corrected chi connectivity index (χ2v) is 7.56. The highest BCUT2D eigenvalue weighted by molar-refractivity contribution is 7.89. The van der Waals surface area contributed by atoms with Crippen molar-refractivity contribution in [2.24, 2.45) is 5.73 Å². The van der Waals surface area contributed by atoms with Crippen LogP contribution in [0.2, 0.25) is 0 Å². The predicted octanol–water partition coefficient (Wildman–Crippen LogP) is 2.35. The van der Waals surface area contributed by atoms with Crippen LogP contribution >= 0.6 is 12.4 Å². The van der Waals surface area contributed by atoms with Gasteiger partial charge in [-0.1, -0.05) is 37.8 Å². The van der Waals surface area contributed by atoms with Crippen LogP contribution in [0.1, 0.15) is 38.5 Å². The second kappa shape index (κ2) is 8.05. The molecule has 1 saturated carbocycles. The predicted molar refractivity (Wildman–Crippen MR) is 90.2 cm³/mol. The molecule has 0 aromatic heterocycles. The van der Waals surface area contributed by atoms with E-state index in [1.165, 1.54) is 24.3 Å². The first kappa shape index (κ1) is 19.8. The van der Waals surface area contributed by atoms with Crippen LogP contribution in [0.25, 0.3) is 0 Å². The van der Waals surface area contributed by atoms with Gasteiger partial charge in [-0.15, -0.1) is 12.4 Å². The Balaban J connectivity index is 0.00000264. The highest BCUT2D eigenvalue weighted by Gasteiger charge is 2.30. The van der Waals surface area contributed by atoms with Crippen LogP contribution in [-0.2, 0) is 10.0 Å². The van der Waals surface area contributed by atoms with E-state index in [-0.39, 0.29) is 23.8 Å². The monoisotopic (exact) mass is 363 g/mol. The number of nitrogens with zero attached hydrogens (tertiary/aromatic N) is 1. The Morgan fingerprint density at radius 1 is 1.17 bits per heavy atom. The minimum Gasteiger partial charge on any atom is -0.324 e. The Bertz CT molecular complexity index is 643. The molecule has 130 valence electrons. The van der Waals surface area contributed by atoms with E-state index in [0.29, 0.717) is 0 Å². The molecule has 0 atom stereocenters. The molecule has 1 aliphatic carbocycles. The Hall–Kier alpha value is -1.22. The van der Waals surface area contributed by atoms with Crippen LogP contribution in [0.5, 0.6) is 0 Å². The van der Waals surface area contributed by atoms with E-state index in [2.05, 4.69) is 4.72 Å². The van der Waals surface area contributed by atoms with Gasteiger partial charge < -0.3 is 5.73 Å². The lowest BCUT2D eigenvalue weighted by Gasteiger charge is -2.28. The standard InChI is InChI=1S/C14H21N3O4S.ClH/c15-14(9-5-1-2-6-10-14)11-16-22(20,21)13-8-4-3-7-12(13)17(18)19;/h3-4,7-8,16H,1-2,5-6,9-11,15H2;1H. The molecule has 0 spiro atoms. The lowest BCUT2D eigenvalue weighted by atomic mass is 9.92. The third-order valence-electron chi connectivity index (χ3n) is 4.07. The van der Waals surface area contributed by atoms with Gasteiger partial charge in [0.1, 0.15) is 0 Å². The lowest BCUT2D eigenvalue weighted by molar-refractivity contribution is -0.387. The van der Waals surface area contributed by atoms with E-state index in [9.17, 15) is 18.5 Å². The molecule has 0 bridgehead atoms. The van der Waals surface area contributed by atoms with Crippen LogP contribution in [-0.4, -0.2) is 25.4 Å². The summed E-state index contributed by atoms with van der Waals surface area (Å²) in [5, 5.41) is 11.0. The van der Waals surface area contributed by atoms with Crippen LogP contribution in [0, 0.1) is 10.1 Å². The van der Waals surface area contributed by atoms with E-state index in [1.807, 2.05) is 0 Å². The number of nitro benzene ring substituents is 1. The maximum absolute atomic E-state index is 12.4. The first-order valence-corrected chi connectivity index (χ1v) is 8.84. The van der Waals surface area contributed by atoms with Crippen molar-refractivity contribution in [3.63, 3.8) is 0 Å². The third-order valence-corrected chi connectivity index (χ3v) is 5.51. The lowest BCUT2D eigenvalue weighted by Crippen LogP contribution is -2.49. The average molecular weight is 364 g/mol. The molecule has 2 rings (SSSR count). The largest absolute Gasteiger partial charge is 0.324 e. The number of para-hydroxylation sites is 1. The molecule has 3 N–H and O–H groups in total. The van der Waals surface area contributed by atoms with E-state index >= 15 is 0 Å². The van der Waals surface area contributed by atoms with Crippen molar-refractivity contribution in [3.05, 3.63) is 34.4 Å². The highest BCUT2D eigenvalue weighted by atomic mass is 35.5. The number of sulfonamides is 1. The summed E-state index contributed by atoms with van der Waals surface area (Å²) >= 11 is 0. The zero-order valence-electron chi connectivity index (χ0n) is 12.7. The van der Waals surface area contributed by atoms with Crippen molar-refractivity contribution in [3.8, 4) is 0 Å². The minimum atomic E-state index is -3.96. The Morgan fingerprint density at radius 2 is 1.74 bits per heavy atom. The molecule has 1 aromatic rings. The smallest absolute Gasteiger partial charge is 0.289 e. The molecule has 9 heteroatoms. The first-order valence-electron chi connectivity index (χ1n) is 7.36. The van der Waals surface area contributed by atoms with Crippen LogP contribution in [0.15, 0.2) is 29.2 Å². The number of nitrogens with one attached hydrogen (secondary N) is 1. The van der Waals surface area contributed by atoms with Crippen molar-refractivity contribution >= 4 is 28.1 Å². The molecule has 7 nitrogen and oxygen atoms in total. The molecule has 1 aliphatic rings. The molecular formula is C14H22ClN3O4S. The molecule has 1 aromatic carbocycles. The number of hydrogen-bond donors (Lipinski definition) is 2. The summed E-state index contributed by atoms with van der Waals surface area (Å²) in [5.41, 5.74) is 5.28. The fraction of sp³-hybridized carbons (Fsp3) is 0.571. The zero-order chi connectivity index (χ0) is 16.2. The number of halogens is 1. The SMILES string of the molecule is Cl.NC1(CNS(=O)(=O)c2ccccc2[N+](=O)[O-])CCCCCC1. The zero-order valence-corrected chi connectivity index (χ0v) is 14.4. The number of nitrogens with two attached hydrogens (primary N) is 1. The van der Waals surface area contributed by atoms with E-state index in [0.717, 1.165) is 38.5 Å².